The Bertz CT molecular complexity index is 365. The molecule has 4 heteroatoms. The number of aromatic nitrogens is 2. The Balaban J connectivity index is 2.30. The van der Waals surface area contributed by atoms with Gasteiger partial charge in [0, 0.05) is 12.3 Å². The van der Waals surface area contributed by atoms with Gasteiger partial charge in [-0.2, -0.15) is 0 Å². The van der Waals surface area contributed by atoms with E-state index in [1.807, 2.05) is 13.8 Å². The van der Waals surface area contributed by atoms with E-state index in [0.717, 1.165) is 43.7 Å². The number of imidazole rings is 1. The molecule has 1 aliphatic heterocycles. The maximum atomic E-state index is 10.7. The van der Waals surface area contributed by atoms with Gasteiger partial charge in [-0.25, -0.2) is 4.98 Å². The van der Waals surface area contributed by atoms with E-state index in [0.29, 0.717) is 5.69 Å². The fourth-order valence-corrected chi connectivity index (χ4v) is 1.96. The minimum Gasteiger partial charge on any atom is -0.367 e. The summed E-state index contributed by atoms with van der Waals surface area (Å²) >= 11 is 0. The van der Waals surface area contributed by atoms with Gasteiger partial charge in [0.15, 0.2) is 6.29 Å². The van der Waals surface area contributed by atoms with Crippen molar-refractivity contribution in [1.29, 1.82) is 0 Å². The maximum Gasteiger partial charge on any atom is 0.170 e. The second kappa shape index (κ2) is 3.77. The Kier molecular flexibility index (Phi) is 2.61. The third-order valence-electron chi connectivity index (χ3n) is 3.00. The Labute approximate surface area is 89.0 Å². The highest BCUT2D eigenvalue weighted by atomic mass is 16.5. The molecule has 4 nitrogen and oxygen atoms in total. The van der Waals surface area contributed by atoms with Crippen LogP contribution < -0.4 is 0 Å². The van der Waals surface area contributed by atoms with Gasteiger partial charge in [-0.05, 0) is 33.1 Å². The summed E-state index contributed by atoms with van der Waals surface area (Å²) in [5, 5.41) is 0. The predicted octanol–water partition coefficient (Wildman–Crippen LogP) is 1.95. The summed E-state index contributed by atoms with van der Waals surface area (Å²) in [5.74, 6) is 0.779. The number of carbonyl (C=O) groups is 1. The fourth-order valence-electron chi connectivity index (χ4n) is 1.96. The molecule has 2 rings (SSSR count). The summed E-state index contributed by atoms with van der Waals surface area (Å²) in [7, 11) is 0. The lowest BCUT2D eigenvalue weighted by Gasteiger charge is -2.31. The van der Waals surface area contributed by atoms with Crippen molar-refractivity contribution in [2.45, 2.75) is 38.7 Å². The van der Waals surface area contributed by atoms with Gasteiger partial charge in [0.1, 0.15) is 17.1 Å². The number of carbonyl (C=O) groups excluding carboxylic acids is 1. The van der Waals surface area contributed by atoms with Crippen molar-refractivity contribution in [2.24, 2.45) is 0 Å². The minimum atomic E-state index is -0.343. The van der Waals surface area contributed by atoms with Crippen molar-refractivity contribution in [3.8, 4) is 0 Å². The van der Waals surface area contributed by atoms with Gasteiger partial charge >= 0.3 is 0 Å². The van der Waals surface area contributed by atoms with E-state index >= 15 is 0 Å². The van der Waals surface area contributed by atoms with E-state index in [4.69, 9.17) is 4.74 Å². The number of H-pyrrole nitrogens is 1. The average Bonchev–Trinajstić information content (AvgIpc) is 2.61. The summed E-state index contributed by atoms with van der Waals surface area (Å²) in [5.41, 5.74) is 0.959. The molecule has 0 bridgehead atoms. The molecule has 82 valence electrons. The normalized spacial score (nSPS) is 26.5. The number of aromatic amines is 1. The van der Waals surface area contributed by atoms with Crippen LogP contribution in [0.15, 0.2) is 0 Å². The number of hydrogen-bond donors (Lipinski definition) is 1. The Morgan fingerprint density at radius 3 is 2.87 bits per heavy atom. The van der Waals surface area contributed by atoms with Gasteiger partial charge in [-0.15, -0.1) is 0 Å². The molecule has 0 aliphatic carbocycles. The Morgan fingerprint density at radius 2 is 2.33 bits per heavy atom. The van der Waals surface area contributed by atoms with Crippen LogP contribution in [0.5, 0.6) is 0 Å². The summed E-state index contributed by atoms with van der Waals surface area (Å²) in [6, 6.07) is 0. The van der Waals surface area contributed by atoms with Crippen molar-refractivity contribution in [3.63, 3.8) is 0 Å². The van der Waals surface area contributed by atoms with E-state index < -0.39 is 0 Å². The van der Waals surface area contributed by atoms with Gasteiger partial charge in [0.2, 0.25) is 0 Å². The molecule has 1 unspecified atom stereocenters. The first-order valence-electron chi connectivity index (χ1n) is 5.32. The van der Waals surface area contributed by atoms with Crippen LogP contribution >= 0.6 is 0 Å². The largest absolute Gasteiger partial charge is 0.367 e. The zero-order valence-corrected chi connectivity index (χ0v) is 9.17. The van der Waals surface area contributed by atoms with Crippen LogP contribution in [0.4, 0.5) is 0 Å². The first kappa shape index (κ1) is 10.4. The monoisotopic (exact) mass is 208 g/mol. The molecule has 1 N–H and O–H groups in total. The smallest absolute Gasteiger partial charge is 0.170 e. The number of nitrogens with zero attached hydrogens (tertiary/aromatic N) is 1. The zero-order chi connectivity index (χ0) is 10.9. The maximum absolute atomic E-state index is 10.7. The zero-order valence-electron chi connectivity index (χ0n) is 9.17. The molecular weight excluding hydrogens is 192 g/mol. The lowest BCUT2D eigenvalue weighted by atomic mass is 9.95. The van der Waals surface area contributed by atoms with Crippen molar-refractivity contribution in [1.82, 2.24) is 9.97 Å². The number of nitrogens with one attached hydrogen (secondary N) is 1. The fraction of sp³-hybridized carbons (Fsp3) is 0.636. The highest BCUT2D eigenvalue weighted by Crippen LogP contribution is 2.33. The molecule has 1 aromatic heterocycles. The average molecular weight is 208 g/mol. The molecule has 15 heavy (non-hydrogen) atoms. The lowest BCUT2D eigenvalue weighted by Crippen LogP contribution is -2.31. The van der Waals surface area contributed by atoms with Gasteiger partial charge in [0.05, 0.1) is 0 Å². The predicted molar refractivity (Wildman–Crippen MR) is 55.9 cm³/mol. The first-order valence-corrected chi connectivity index (χ1v) is 5.32. The molecule has 1 saturated heterocycles. The number of rotatable bonds is 2. The van der Waals surface area contributed by atoms with Crippen molar-refractivity contribution in [2.75, 3.05) is 6.61 Å². The number of aldehydes is 1. The van der Waals surface area contributed by atoms with E-state index in [-0.39, 0.29) is 5.60 Å². The SMILES string of the molecule is Cc1[nH]c(C2(C)CCCCO2)nc1C=O. The summed E-state index contributed by atoms with van der Waals surface area (Å²) in [6.45, 7) is 4.65. The van der Waals surface area contributed by atoms with Gasteiger partial charge < -0.3 is 9.72 Å². The molecule has 0 radical (unpaired) electrons. The minimum absolute atomic E-state index is 0.343. The Hall–Kier alpha value is -1.16. The summed E-state index contributed by atoms with van der Waals surface area (Å²) < 4.78 is 5.75. The second-order valence-electron chi connectivity index (χ2n) is 4.25. The van der Waals surface area contributed by atoms with Crippen LogP contribution in [-0.2, 0) is 10.3 Å². The molecule has 1 fully saturated rings. The third kappa shape index (κ3) is 1.81. The number of hydrogen-bond acceptors (Lipinski definition) is 3. The molecule has 1 aromatic rings. The molecule has 0 aromatic carbocycles. The molecule has 1 aliphatic rings. The van der Waals surface area contributed by atoms with Crippen LogP contribution in [0.1, 0.15) is 48.2 Å². The standard InChI is InChI=1S/C11H16N2O2/c1-8-9(7-14)13-10(12-8)11(2)5-3-4-6-15-11/h7H,3-6H2,1-2H3,(H,12,13). The molecule has 1 atom stereocenters. The summed E-state index contributed by atoms with van der Waals surface area (Å²) in [4.78, 5) is 18.1. The molecule has 2 heterocycles. The van der Waals surface area contributed by atoms with Gasteiger partial charge in [-0.1, -0.05) is 0 Å². The molecule has 0 spiro atoms. The van der Waals surface area contributed by atoms with Crippen LogP contribution in [0, 0.1) is 6.92 Å². The van der Waals surface area contributed by atoms with E-state index in [2.05, 4.69) is 9.97 Å². The van der Waals surface area contributed by atoms with Crippen LogP contribution in [0.25, 0.3) is 0 Å². The van der Waals surface area contributed by atoms with Crippen molar-refractivity contribution < 1.29 is 9.53 Å². The van der Waals surface area contributed by atoms with Crippen molar-refractivity contribution >= 4 is 6.29 Å². The number of ether oxygens (including phenoxy) is 1. The van der Waals surface area contributed by atoms with E-state index in [9.17, 15) is 4.79 Å². The van der Waals surface area contributed by atoms with E-state index in [1.54, 1.807) is 0 Å². The Morgan fingerprint density at radius 1 is 1.53 bits per heavy atom. The highest BCUT2D eigenvalue weighted by molar-refractivity contribution is 5.73. The number of aryl methyl sites for hydroxylation is 1. The van der Waals surface area contributed by atoms with Gasteiger partial charge in [0.25, 0.3) is 0 Å². The van der Waals surface area contributed by atoms with Crippen LogP contribution in [0.3, 0.4) is 0 Å². The first-order chi connectivity index (χ1) is 7.15. The molecular formula is C11H16N2O2. The second-order valence-corrected chi connectivity index (χ2v) is 4.25. The summed E-state index contributed by atoms with van der Waals surface area (Å²) in [6.07, 6.45) is 3.99. The molecule has 0 saturated carbocycles. The quantitative estimate of drug-likeness (QED) is 0.756. The third-order valence-corrected chi connectivity index (χ3v) is 3.00. The van der Waals surface area contributed by atoms with Gasteiger partial charge in [-0.3, -0.25) is 4.79 Å². The topological polar surface area (TPSA) is 55.0 Å². The van der Waals surface area contributed by atoms with Crippen LogP contribution in [-0.4, -0.2) is 22.9 Å². The van der Waals surface area contributed by atoms with Crippen LogP contribution in [0.2, 0.25) is 0 Å². The highest BCUT2D eigenvalue weighted by Gasteiger charge is 2.33. The molecule has 0 amide bonds. The lowest BCUT2D eigenvalue weighted by molar-refractivity contribution is -0.0756. The van der Waals surface area contributed by atoms with E-state index in [1.165, 1.54) is 0 Å². The van der Waals surface area contributed by atoms with Crippen molar-refractivity contribution in [3.05, 3.63) is 17.2 Å².